The van der Waals surface area contributed by atoms with Crippen LogP contribution in [0, 0.1) is 12.7 Å². The lowest BCUT2D eigenvalue weighted by Gasteiger charge is -2.04. The molecule has 1 aromatic heterocycles. The number of aromatic nitrogens is 2. The maximum atomic E-state index is 13.3. The number of nitrogens with one attached hydrogen (secondary N) is 1. The summed E-state index contributed by atoms with van der Waals surface area (Å²) in [5, 5.41) is 6.98. The number of anilines is 1. The fraction of sp³-hybridized carbons (Fsp3) is 0.200. The van der Waals surface area contributed by atoms with E-state index in [0.29, 0.717) is 22.4 Å². The topological polar surface area (TPSA) is 51.0 Å². The van der Waals surface area contributed by atoms with Gasteiger partial charge in [0, 0.05) is 11.9 Å². The molecule has 0 amide bonds. The Morgan fingerprint density at radius 2 is 2.31 bits per heavy atom. The highest BCUT2D eigenvalue weighted by atomic mass is 35.5. The standard InChI is InChI=1S/C10H9ClFN3O/c1-6-14-10(15-16-6)5-13-9-4-7(11)2-3-8(9)12/h2-4,13H,5H2,1H3. The number of halogens is 2. The van der Waals surface area contributed by atoms with Crippen molar-refractivity contribution in [3.05, 3.63) is 40.8 Å². The van der Waals surface area contributed by atoms with Gasteiger partial charge < -0.3 is 9.84 Å². The van der Waals surface area contributed by atoms with Crippen molar-refractivity contribution >= 4 is 17.3 Å². The average molecular weight is 242 g/mol. The predicted molar refractivity (Wildman–Crippen MR) is 57.8 cm³/mol. The summed E-state index contributed by atoms with van der Waals surface area (Å²) in [6.07, 6.45) is 0. The summed E-state index contributed by atoms with van der Waals surface area (Å²) in [4.78, 5) is 3.98. The SMILES string of the molecule is Cc1nc(CNc2cc(Cl)ccc2F)no1. The van der Waals surface area contributed by atoms with E-state index >= 15 is 0 Å². The minimum absolute atomic E-state index is 0.286. The van der Waals surface area contributed by atoms with E-state index in [-0.39, 0.29) is 12.4 Å². The molecule has 84 valence electrons. The molecule has 4 nitrogen and oxygen atoms in total. The van der Waals surface area contributed by atoms with Gasteiger partial charge in [0.05, 0.1) is 12.2 Å². The van der Waals surface area contributed by atoms with Crippen molar-refractivity contribution in [2.45, 2.75) is 13.5 Å². The molecule has 0 radical (unpaired) electrons. The first-order valence-corrected chi connectivity index (χ1v) is 5.01. The number of benzene rings is 1. The molecule has 0 aliphatic heterocycles. The summed E-state index contributed by atoms with van der Waals surface area (Å²) in [5.41, 5.74) is 0.315. The summed E-state index contributed by atoms with van der Waals surface area (Å²) < 4.78 is 18.1. The predicted octanol–water partition coefficient (Wildman–Crippen LogP) is 2.78. The molecule has 0 unspecified atom stereocenters. The van der Waals surface area contributed by atoms with Crippen LogP contribution >= 0.6 is 11.6 Å². The van der Waals surface area contributed by atoms with E-state index in [2.05, 4.69) is 15.5 Å². The van der Waals surface area contributed by atoms with E-state index < -0.39 is 0 Å². The van der Waals surface area contributed by atoms with Gasteiger partial charge in [-0.25, -0.2) is 4.39 Å². The molecule has 0 aliphatic carbocycles. The van der Waals surface area contributed by atoms with Gasteiger partial charge in [0.25, 0.3) is 0 Å². The van der Waals surface area contributed by atoms with E-state index in [1.54, 1.807) is 6.92 Å². The van der Waals surface area contributed by atoms with Crippen LogP contribution in [0.25, 0.3) is 0 Å². The van der Waals surface area contributed by atoms with Crippen LogP contribution in [-0.2, 0) is 6.54 Å². The van der Waals surface area contributed by atoms with E-state index in [1.807, 2.05) is 0 Å². The molecule has 0 saturated carbocycles. The van der Waals surface area contributed by atoms with E-state index in [9.17, 15) is 4.39 Å². The Labute approximate surface area is 96.4 Å². The Balaban J connectivity index is 2.07. The van der Waals surface area contributed by atoms with Gasteiger partial charge in [0.15, 0.2) is 5.82 Å². The van der Waals surface area contributed by atoms with Gasteiger partial charge >= 0.3 is 0 Å². The monoisotopic (exact) mass is 241 g/mol. The van der Waals surface area contributed by atoms with Crippen LogP contribution in [0.4, 0.5) is 10.1 Å². The zero-order chi connectivity index (χ0) is 11.5. The summed E-state index contributed by atoms with van der Waals surface area (Å²) in [7, 11) is 0. The zero-order valence-electron chi connectivity index (χ0n) is 8.50. The minimum Gasteiger partial charge on any atom is -0.375 e. The molecule has 2 rings (SSSR count). The smallest absolute Gasteiger partial charge is 0.223 e. The highest BCUT2D eigenvalue weighted by molar-refractivity contribution is 6.30. The number of aryl methyl sites for hydroxylation is 1. The number of nitrogens with zero attached hydrogens (tertiary/aromatic N) is 2. The van der Waals surface area contributed by atoms with Crippen LogP contribution in [0.5, 0.6) is 0 Å². The normalized spacial score (nSPS) is 10.4. The lowest BCUT2D eigenvalue weighted by molar-refractivity contribution is 0.388. The maximum Gasteiger partial charge on any atom is 0.223 e. The zero-order valence-corrected chi connectivity index (χ0v) is 9.25. The van der Waals surface area contributed by atoms with Gasteiger partial charge in [-0.05, 0) is 18.2 Å². The molecule has 0 spiro atoms. The molecule has 16 heavy (non-hydrogen) atoms. The molecule has 0 fully saturated rings. The Hall–Kier alpha value is -1.62. The second kappa shape index (κ2) is 4.49. The van der Waals surface area contributed by atoms with Crippen molar-refractivity contribution in [3.63, 3.8) is 0 Å². The lowest BCUT2D eigenvalue weighted by atomic mass is 10.3. The summed E-state index contributed by atoms with van der Waals surface area (Å²) in [5.74, 6) is 0.574. The quantitative estimate of drug-likeness (QED) is 0.898. The van der Waals surface area contributed by atoms with Gasteiger partial charge in [-0.15, -0.1) is 0 Å². The molecule has 1 N–H and O–H groups in total. The largest absolute Gasteiger partial charge is 0.375 e. The highest BCUT2D eigenvalue weighted by Crippen LogP contribution is 2.19. The van der Waals surface area contributed by atoms with Crippen LogP contribution in [0.3, 0.4) is 0 Å². The fourth-order valence-corrected chi connectivity index (χ4v) is 1.39. The molecule has 0 bridgehead atoms. The number of hydrogen-bond donors (Lipinski definition) is 1. The Kier molecular flexibility index (Phi) is 3.05. The van der Waals surface area contributed by atoms with Crippen LogP contribution < -0.4 is 5.32 Å². The van der Waals surface area contributed by atoms with Crippen molar-refractivity contribution in [1.29, 1.82) is 0 Å². The lowest BCUT2D eigenvalue weighted by Crippen LogP contribution is -2.03. The van der Waals surface area contributed by atoms with Crippen molar-refractivity contribution in [1.82, 2.24) is 10.1 Å². The van der Waals surface area contributed by atoms with Gasteiger partial charge in [0.2, 0.25) is 5.89 Å². The summed E-state index contributed by atoms with van der Waals surface area (Å²) in [6.45, 7) is 1.98. The van der Waals surface area contributed by atoms with Gasteiger partial charge in [-0.1, -0.05) is 16.8 Å². The Morgan fingerprint density at radius 1 is 1.50 bits per heavy atom. The number of rotatable bonds is 3. The third-order valence-corrected chi connectivity index (χ3v) is 2.17. The molecule has 0 atom stereocenters. The van der Waals surface area contributed by atoms with Crippen molar-refractivity contribution in [2.75, 3.05) is 5.32 Å². The van der Waals surface area contributed by atoms with Crippen LogP contribution in [-0.4, -0.2) is 10.1 Å². The van der Waals surface area contributed by atoms with Gasteiger partial charge in [0.1, 0.15) is 5.82 Å². The van der Waals surface area contributed by atoms with Crippen molar-refractivity contribution < 1.29 is 8.91 Å². The van der Waals surface area contributed by atoms with E-state index in [0.717, 1.165) is 0 Å². The minimum atomic E-state index is -0.371. The first kappa shape index (κ1) is 10.9. The number of hydrogen-bond acceptors (Lipinski definition) is 4. The first-order valence-electron chi connectivity index (χ1n) is 4.63. The molecular weight excluding hydrogens is 233 g/mol. The van der Waals surface area contributed by atoms with Crippen LogP contribution in [0.15, 0.2) is 22.7 Å². The Morgan fingerprint density at radius 3 is 3.00 bits per heavy atom. The van der Waals surface area contributed by atoms with Crippen LogP contribution in [0.1, 0.15) is 11.7 Å². The molecule has 0 saturated heterocycles. The highest BCUT2D eigenvalue weighted by Gasteiger charge is 2.05. The Bertz CT molecular complexity index is 501. The summed E-state index contributed by atoms with van der Waals surface area (Å²) in [6, 6.07) is 4.29. The first-order chi connectivity index (χ1) is 7.65. The third kappa shape index (κ3) is 2.49. The van der Waals surface area contributed by atoms with Crippen LogP contribution in [0.2, 0.25) is 5.02 Å². The summed E-state index contributed by atoms with van der Waals surface area (Å²) >= 11 is 5.75. The van der Waals surface area contributed by atoms with E-state index in [1.165, 1.54) is 18.2 Å². The second-order valence-corrected chi connectivity index (χ2v) is 3.64. The van der Waals surface area contributed by atoms with Crippen molar-refractivity contribution in [3.8, 4) is 0 Å². The van der Waals surface area contributed by atoms with Crippen molar-refractivity contribution in [2.24, 2.45) is 0 Å². The van der Waals surface area contributed by atoms with E-state index in [4.69, 9.17) is 16.1 Å². The fourth-order valence-electron chi connectivity index (χ4n) is 1.22. The third-order valence-electron chi connectivity index (χ3n) is 1.93. The molecule has 1 aromatic carbocycles. The van der Waals surface area contributed by atoms with Gasteiger partial charge in [-0.2, -0.15) is 4.98 Å². The maximum absolute atomic E-state index is 13.3. The molecule has 1 heterocycles. The molecule has 0 aliphatic rings. The molecule has 6 heteroatoms. The second-order valence-electron chi connectivity index (χ2n) is 3.21. The molecular formula is C10H9ClFN3O. The van der Waals surface area contributed by atoms with Gasteiger partial charge in [-0.3, -0.25) is 0 Å². The molecule has 2 aromatic rings. The average Bonchev–Trinajstić information content (AvgIpc) is 2.66.